The summed E-state index contributed by atoms with van der Waals surface area (Å²) >= 11 is 0. The van der Waals surface area contributed by atoms with Crippen LogP contribution >= 0.6 is 23.5 Å². The van der Waals surface area contributed by atoms with Crippen LogP contribution in [0, 0.1) is 0 Å². The lowest BCUT2D eigenvalue weighted by Crippen LogP contribution is -2.28. The first-order valence-corrected chi connectivity index (χ1v) is 12.0. The lowest BCUT2D eigenvalue weighted by molar-refractivity contribution is -0.0437. The van der Waals surface area contributed by atoms with Crippen molar-refractivity contribution in [3.63, 3.8) is 0 Å². The predicted molar refractivity (Wildman–Crippen MR) is 95.3 cm³/mol. The van der Waals surface area contributed by atoms with Crippen LogP contribution in [0.5, 0.6) is 0 Å². The summed E-state index contributed by atoms with van der Waals surface area (Å²) in [6, 6.07) is 1.26. The third kappa shape index (κ3) is 6.51. The molecule has 2 rings (SSSR count). The van der Waals surface area contributed by atoms with Gasteiger partial charge in [-0.25, -0.2) is 18.5 Å². The lowest BCUT2D eigenvalue weighted by atomic mass is 10.1. The zero-order valence-corrected chi connectivity index (χ0v) is 17.3. The van der Waals surface area contributed by atoms with Gasteiger partial charge >= 0.3 is 29.2 Å². The first-order valence-electron chi connectivity index (χ1n) is 7.50. The van der Waals surface area contributed by atoms with Crippen molar-refractivity contribution in [2.24, 2.45) is 0 Å². The van der Waals surface area contributed by atoms with Crippen molar-refractivity contribution >= 4 is 29.3 Å². The highest BCUT2D eigenvalue weighted by atomic mass is 31.3. The molecule has 1 aromatic rings. The maximum Gasteiger partial charge on any atom is 0.490 e. The van der Waals surface area contributed by atoms with Crippen molar-refractivity contribution < 1.29 is 56.3 Å². The summed E-state index contributed by atoms with van der Waals surface area (Å²) < 4.78 is 51.5. The van der Waals surface area contributed by atoms with Gasteiger partial charge in [0.05, 0.1) is 12.2 Å². The largest absolute Gasteiger partial charge is 0.490 e. The van der Waals surface area contributed by atoms with E-state index in [1.165, 1.54) is 12.3 Å². The highest BCUT2D eigenvalue weighted by molar-refractivity contribution is 7.66. The van der Waals surface area contributed by atoms with Crippen LogP contribution in [0.4, 0.5) is 5.82 Å². The van der Waals surface area contributed by atoms with E-state index >= 15 is 0 Å². The highest BCUT2D eigenvalue weighted by Crippen LogP contribution is 2.66. The maximum absolute atomic E-state index is 12.0. The number of aromatic nitrogens is 2. The molecule has 0 radical (unpaired) electrons. The van der Waals surface area contributed by atoms with Crippen molar-refractivity contribution in [1.82, 2.24) is 9.55 Å². The Hall–Kier alpha value is -1.47. The fourth-order valence-corrected chi connectivity index (χ4v) is 5.30. The number of phosphoric ester groups is 1. The molecule has 5 atom stereocenters. The Bertz CT molecular complexity index is 1060. The van der Waals surface area contributed by atoms with Crippen molar-refractivity contribution in [2.75, 3.05) is 12.3 Å². The SMILES string of the molecule is C=C=C1[C@H](n2ccc(N)nc2=O)O[C@H](COP(=O)(O)OP(=O)(O)OP(=O)(O)O)[C@H]1O. The molecule has 1 aliphatic heterocycles. The van der Waals surface area contributed by atoms with Gasteiger partial charge in [-0.3, -0.25) is 9.09 Å². The Morgan fingerprint density at radius 1 is 1.23 bits per heavy atom. The molecule has 0 saturated carbocycles. The van der Waals surface area contributed by atoms with Crippen LogP contribution in [0.1, 0.15) is 6.23 Å². The lowest BCUT2D eigenvalue weighted by Gasteiger charge is -2.19. The first-order chi connectivity index (χ1) is 13.6. The third-order valence-corrected chi connectivity index (χ3v) is 7.17. The Balaban J connectivity index is 2.13. The number of nitrogens with two attached hydrogens (primary N) is 1. The number of hydrogen-bond donors (Lipinski definition) is 6. The molecule has 0 bridgehead atoms. The van der Waals surface area contributed by atoms with Gasteiger partial charge in [0.2, 0.25) is 0 Å². The van der Waals surface area contributed by atoms with Crippen molar-refractivity contribution in [3.05, 3.63) is 40.6 Å². The minimum Gasteiger partial charge on any atom is -0.385 e. The first kappa shape index (κ1) is 24.8. The molecule has 1 aliphatic rings. The van der Waals surface area contributed by atoms with Gasteiger partial charge in [-0.2, -0.15) is 13.6 Å². The zero-order valence-electron chi connectivity index (χ0n) is 14.6. The Labute approximate surface area is 167 Å². The molecule has 30 heavy (non-hydrogen) atoms. The number of nitrogen functional groups attached to an aromatic ring is 1. The maximum atomic E-state index is 12.0. The van der Waals surface area contributed by atoms with E-state index in [1.807, 2.05) is 0 Å². The number of aliphatic hydroxyl groups is 1. The topological polar surface area (TPSA) is 250 Å². The van der Waals surface area contributed by atoms with Crippen LogP contribution in [0.25, 0.3) is 0 Å². The number of nitrogens with zero attached hydrogens (tertiary/aromatic N) is 2. The van der Waals surface area contributed by atoms with E-state index in [4.69, 9.17) is 25.2 Å². The van der Waals surface area contributed by atoms with Crippen LogP contribution < -0.4 is 11.4 Å². The van der Waals surface area contributed by atoms with Gasteiger partial charge in [0.25, 0.3) is 0 Å². The molecule has 0 aliphatic carbocycles. The minimum absolute atomic E-state index is 0.0661. The van der Waals surface area contributed by atoms with Gasteiger partial charge in [0, 0.05) is 6.20 Å². The summed E-state index contributed by atoms with van der Waals surface area (Å²) in [5.74, 6) is -0.0804. The second-order valence-electron chi connectivity index (χ2n) is 5.53. The average molecular weight is 491 g/mol. The molecule has 19 heteroatoms. The second kappa shape index (κ2) is 8.95. The molecular weight excluding hydrogens is 475 g/mol. The molecule has 16 nitrogen and oxygen atoms in total. The highest BCUT2D eigenvalue weighted by Gasteiger charge is 2.44. The molecule has 0 aromatic carbocycles. The fraction of sp³-hybridized carbons (Fsp3) is 0.364. The van der Waals surface area contributed by atoms with Crippen LogP contribution in [0.2, 0.25) is 0 Å². The summed E-state index contributed by atoms with van der Waals surface area (Å²) in [6.07, 6.45) is -3.06. The smallest absolute Gasteiger partial charge is 0.385 e. The number of rotatable bonds is 8. The van der Waals surface area contributed by atoms with Crippen molar-refractivity contribution in [2.45, 2.75) is 18.4 Å². The Morgan fingerprint density at radius 2 is 1.87 bits per heavy atom. The number of aliphatic hydroxyl groups excluding tert-OH is 1. The summed E-state index contributed by atoms with van der Waals surface area (Å²) in [6.45, 7) is 2.41. The van der Waals surface area contributed by atoms with Gasteiger partial charge in [0.15, 0.2) is 6.23 Å². The monoisotopic (exact) mass is 491 g/mol. The van der Waals surface area contributed by atoms with Crippen LogP contribution in [0.3, 0.4) is 0 Å². The molecule has 1 aromatic heterocycles. The Kier molecular flexibility index (Phi) is 7.40. The van der Waals surface area contributed by atoms with E-state index < -0.39 is 54.2 Å². The summed E-state index contributed by atoms with van der Waals surface area (Å²) in [5.41, 5.74) is 6.83. The Morgan fingerprint density at radius 3 is 2.40 bits per heavy atom. The van der Waals surface area contributed by atoms with E-state index in [-0.39, 0.29) is 11.4 Å². The molecule has 1 fully saturated rings. The van der Waals surface area contributed by atoms with Crippen LogP contribution in [-0.4, -0.2) is 53.0 Å². The standard InChI is InChI=1S/C11H16N3O13P3/c1-2-6-9(15)7(25-10(6)14-4-3-8(12)13-11(14)16)5-24-29(20,21)27-30(22,23)26-28(17,18)19/h3-4,7,9-10,15H,1,5H2,(H,20,21)(H,22,23)(H2,12,13,16)(H2,17,18,19)/t7-,9+,10-/m1/s1. The average Bonchev–Trinajstić information content (AvgIpc) is 2.85. The zero-order chi connectivity index (χ0) is 22.9. The van der Waals surface area contributed by atoms with Gasteiger partial charge in [-0.05, 0) is 6.07 Å². The molecule has 7 N–H and O–H groups in total. The van der Waals surface area contributed by atoms with Gasteiger partial charge in [0.1, 0.15) is 18.0 Å². The van der Waals surface area contributed by atoms with E-state index in [0.29, 0.717) is 0 Å². The third-order valence-electron chi connectivity index (χ3n) is 3.37. The molecular formula is C11H16N3O13P3. The number of ether oxygens (including phenoxy) is 1. The van der Waals surface area contributed by atoms with Gasteiger partial charge in [-0.1, -0.05) is 6.58 Å². The molecule has 1 saturated heterocycles. The summed E-state index contributed by atoms with van der Waals surface area (Å²) in [4.78, 5) is 51.0. The molecule has 0 spiro atoms. The fourth-order valence-electron chi connectivity index (χ4n) is 2.27. The quantitative estimate of drug-likeness (QED) is 0.191. The number of hydrogen-bond acceptors (Lipinski definition) is 11. The van der Waals surface area contributed by atoms with Crippen LogP contribution in [0.15, 0.2) is 34.9 Å². The summed E-state index contributed by atoms with van der Waals surface area (Å²) in [7, 11) is -16.7. The van der Waals surface area contributed by atoms with E-state index in [2.05, 4.69) is 30.4 Å². The van der Waals surface area contributed by atoms with Crippen LogP contribution in [-0.2, 0) is 31.6 Å². The van der Waals surface area contributed by atoms with Crippen molar-refractivity contribution in [1.29, 1.82) is 0 Å². The normalized spacial score (nSPS) is 26.0. The van der Waals surface area contributed by atoms with E-state index in [0.717, 1.165) is 4.57 Å². The van der Waals surface area contributed by atoms with Gasteiger partial charge in [-0.15, -0.1) is 5.73 Å². The molecule has 2 unspecified atom stereocenters. The predicted octanol–water partition coefficient (Wildman–Crippen LogP) is -0.862. The molecule has 168 valence electrons. The van der Waals surface area contributed by atoms with E-state index in [9.17, 15) is 28.5 Å². The van der Waals surface area contributed by atoms with Crippen molar-refractivity contribution in [3.8, 4) is 0 Å². The van der Waals surface area contributed by atoms with Gasteiger partial charge < -0.3 is 35.2 Å². The number of anilines is 1. The number of phosphoric acid groups is 3. The second-order valence-corrected chi connectivity index (χ2v) is 9.95. The van der Waals surface area contributed by atoms with E-state index in [1.54, 1.807) is 0 Å². The molecule has 0 amide bonds. The summed E-state index contributed by atoms with van der Waals surface area (Å²) in [5, 5.41) is 10.3. The molecule has 2 heterocycles. The minimum atomic E-state index is -5.70.